The van der Waals surface area contributed by atoms with Gasteiger partial charge >= 0.3 is 11.9 Å². The van der Waals surface area contributed by atoms with E-state index in [1.807, 2.05) is 6.92 Å². The van der Waals surface area contributed by atoms with Crippen molar-refractivity contribution in [1.82, 2.24) is 0 Å². The van der Waals surface area contributed by atoms with Crippen LogP contribution in [0.5, 0.6) is 11.5 Å². The molecule has 0 aliphatic heterocycles. The second-order valence-corrected chi connectivity index (χ2v) is 8.51. The molecule has 34 heavy (non-hydrogen) atoms. The third kappa shape index (κ3) is 8.06. The van der Waals surface area contributed by atoms with E-state index in [1.165, 1.54) is 11.6 Å². The summed E-state index contributed by atoms with van der Waals surface area (Å²) in [7, 11) is 0. The minimum absolute atomic E-state index is 0.0126. The number of carboxylic acid groups (broad SMARTS) is 1. The van der Waals surface area contributed by atoms with E-state index in [4.69, 9.17) is 9.84 Å². The highest BCUT2D eigenvalue weighted by molar-refractivity contribution is 5.91. The van der Waals surface area contributed by atoms with E-state index in [2.05, 4.69) is 24.4 Å². The molecular formula is C25H31NO8. The molecule has 2 atom stereocenters. The summed E-state index contributed by atoms with van der Waals surface area (Å²) < 4.78 is 5.22. The van der Waals surface area contributed by atoms with Gasteiger partial charge < -0.3 is 19.8 Å². The minimum atomic E-state index is -1.28. The van der Waals surface area contributed by atoms with Crippen molar-refractivity contribution >= 4 is 11.9 Å². The Morgan fingerprint density at radius 1 is 1.26 bits per heavy atom. The summed E-state index contributed by atoms with van der Waals surface area (Å²) in [5, 5.41) is 29.1. The maximum atomic E-state index is 12.0. The van der Waals surface area contributed by atoms with Gasteiger partial charge in [0.2, 0.25) is 0 Å². The number of nitrogens with zero attached hydrogens (tertiary/aromatic N) is 1. The van der Waals surface area contributed by atoms with Crippen LogP contribution in [0.3, 0.4) is 0 Å². The number of carboxylic acids is 1. The van der Waals surface area contributed by atoms with Crippen LogP contribution >= 0.6 is 0 Å². The molecule has 0 saturated carbocycles. The molecule has 0 spiro atoms. The van der Waals surface area contributed by atoms with Crippen LogP contribution in [0.4, 0.5) is 0 Å². The van der Waals surface area contributed by atoms with Crippen molar-refractivity contribution in [3.63, 3.8) is 0 Å². The van der Waals surface area contributed by atoms with Gasteiger partial charge in [0.1, 0.15) is 11.5 Å². The first-order valence-corrected chi connectivity index (χ1v) is 11.2. The molecule has 0 heterocycles. The molecule has 0 amide bonds. The molecule has 1 aromatic rings. The molecular weight excluding hydrogens is 442 g/mol. The van der Waals surface area contributed by atoms with E-state index in [1.54, 1.807) is 6.07 Å². The molecule has 2 rings (SSSR count). The lowest BCUT2D eigenvalue weighted by molar-refractivity contribution is -0.757. The van der Waals surface area contributed by atoms with Gasteiger partial charge in [-0.2, -0.15) is 0 Å². The van der Waals surface area contributed by atoms with Gasteiger partial charge in [-0.05, 0) is 63.5 Å². The molecule has 2 N–H and O–H groups in total. The van der Waals surface area contributed by atoms with E-state index >= 15 is 0 Å². The van der Waals surface area contributed by atoms with Crippen molar-refractivity contribution in [1.29, 1.82) is 0 Å². The quantitative estimate of drug-likeness (QED) is 0.0834. The monoisotopic (exact) mass is 473 g/mol. The average Bonchev–Trinajstić information content (AvgIpc) is 2.74. The Bertz CT molecular complexity index is 995. The number of esters is 1. The maximum Gasteiger partial charge on any atom is 0.336 e. The molecule has 0 bridgehead atoms. The summed E-state index contributed by atoms with van der Waals surface area (Å²) in [5.41, 5.74) is 3.78. The molecule has 1 aliphatic rings. The lowest BCUT2D eigenvalue weighted by atomic mass is 9.72. The number of rotatable bonds is 12. The number of hydrogen-bond acceptors (Lipinski definition) is 7. The first-order chi connectivity index (χ1) is 16.1. The molecule has 184 valence electrons. The Balaban J connectivity index is 2.33. The zero-order chi connectivity index (χ0) is 25.3. The fourth-order valence-corrected chi connectivity index (χ4v) is 4.25. The molecule has 1 aliphatic carbocycles. The largest absolute Gasteiger partial charge is 0.507 e. The van der Waals surface area contributed by atoms with Gasteiger partial charge in [-0.1, -0.05) is 30.2 Å². The Hall–Kier alpha value is -3.62. The van der Waals surface area contributed by atoms with Crippen molar-refractivity contribution in [2.45, 2.75) is 58.3 Å². The third-order valence-electron chi connectivity index (χ3n) is 5.80. The number of carbonyl (C=O) groups is 2. The Morgan fingerprint density at radius 3 is 2.65 bits per heavy atom. The molecule has 0 saturated heterocycles. The van der Waals surface area contributed by atoms with E-state index in [9.17, 15) is 24.8 Å². The number of phenolic OH excluding ortho intramolecular Hbond substituents is 1. The molecule has 0 aromatic heterocycles. The van der Waals surface area contributed by atoms with Crippen LogP contribution in [-0.2, 0) is 20.8 Å². The number of carbonyl (C=O) groups excluding carboxylic acids is 1. The number of benzene rings is 1. The Labute approximate surface area is 198 Å². The third-order valence-corrected chi connectivity index (χ3v) is 5.80. The van der Waals surface area contributed by atoms with Crippen molar-refractivity contribution in [2.75, 3.05) is 6.61 Å². The van der Waals surface area contributed by atoms with Crippen LogP contribution in [0.2, 0.25) is 0 Å². The summed E-state index contributed by atoms with van der Waals surface area (Å²) >= 11 is 0. The van der Waals surface area contributed by atoms with Gasteiger partial charge in [0.15, 0.2) is 0 Å². The fraction of sp³-hybridized carbons (Fsp3) is 0.440. The SMILES string of the molecule is C=C(C)[C@H]1CCC(C)=C[C@@H]1c1c(O)cc(OC(=O)/C=C\C(=O)O)cc1CCCCCO[N+](=O)[O-]. The summed E-state index contributed by atoms with van der Waals surface area (Å²) in [4.78, 5) is 37.2. The number of ether oxygens (including phenoxy) is 1. The molecule has 0 radical (unpaired) electrons. The van der Waals surface area contributed by atoms with Gasteiger partial charge in [-0.3, -0.25) is 0 Å². The van der Waals surface area contributed by atoms with Crippen LogP contribution in [-0.4, -0.2) is 33.8 Å². The second kappa shape index (κ2) is 12.6. The molecule has 0 unspecified atom stereocenters. The Morgan fingerprint density at radius 2 is 2.00 bits per heavy atom. The number of phenols is 1. The summed E-state index contributed by atoms with van der Waals surface area (Å²) in [6, 6.07) is 3.05. The normalized spacial score (nSPS) is 17.8. The first kappa shape index (κ1) is 26.6. The summed E-state index contributed by atoms with van der Waals surface area (Å²) in [6.07, 6.45) is 7.89. The smallest absolute Gasteiger partial charge is 0.336 e. The number of hydrogen-bond donors (Lipinski definition) is 2. The first-order valence-electron chi connectivity index (χ1n) is 11.2. The van der Waals surface area contributed by atoms with Crippen LogP contribution in [0.25, 0.3) is 0 Å². The van der Waals surface area contributed by atoms with E-state index in [-0.39, 0.29) is 29.9 Å². The number of unbranched alkanes of at least 4 members (excludes halogenated alkanes) is 2. The van der Waals surface area contributed by atoms with E-state index < -0.39 is 17.0 Å². The van der Waals surface area contributed by atoms with Gasteiger partial charge in [0.05, 0.1) is 6.61 Å². The van der Waals surface area contributed by atoms with Crippen LogP contribution in [0, 0.1) is 16.0 Å². The standard InChI is InChI=1S/C25H31NO8/c1-16(2)20-9-8-17(3)13-21(20)25-18(7-5-4-6-12-33-26(31)32)14-19(15-22(25)27)34-24(30)11-10-23(28)29/h10-11,13-15,20-21,27H,1,4-9,12H2,2-3H3,(H,28,29)/b11-10-/t20-,21+/m1/s1. The van der Waals surface area contributed by atoms with Gasteiger partial charge in [0, 0.05) is 29.7 Å². The van der Waals surface area contributed by atoms with Crippen molar-refractivity contribution < 1.29 is 34.5 Å². The lowest BCUT2D eigenvalue weighted by Gasteiger charge is -2.32. The van der Waals surface area contributed by atoms with Crippen LogP contribution < -0.4 is 4.74 Å². The second-order valence-electron chi connectivity index (χ2n) is 8.51. The number of aromatic hydroxyl groups is 1. The molecule has 0 fully saturated rings. The highest BCUT2D eigenvalue weighted by atomic mass is 16.9. The zero-order valence-corrected chi connectivity index (χ0v) is 19.5. The van der Waals surface area contributed by atoms with E-state index in [0.29, 0.717) is 31.8 Å². The van der Waals surface area contributed by atoms with Crippen molar-refractivity contribution in [3.8, 4) is 11.5 Å². The summed E-state index contributed by atoms with van der Waals surface area (Å²) in [5.74, 6) is -1.99. The molecule has 9 heteroatoms. The topological polar surface area (TPSA) is 136 Å². The lowest BCUT2D eigenvalue weighted by Crippen LogP contribution is -2.18. The predicted octanol–water partition coefficient (Wildman–Crippen LogP) is 4.88. The average molecular weight is 474 g/mol. The number of aliphatic carboxylic acids is 1. The van der Waals surface area contributed by atoms with Gasteiger partial charge in [-0.25, -0.2) is 9.59 Å². The molecule has 9 nitrogen and oxygen atoms in total. The highest BCUT2D eigenvalue weighted by Crippen LogP contribution is 2.45. The van der Waals surface area contributed by atoms with Gasteiger partial charge in [-0.15, -0.1) is 10.1 Å². The predicted molar refractivity (Wildman–Crippen MR) is 125 cm³/mol. The molecule has 1 aromatic carbocycles. The van der Waals surface area contributed by atoms with Crippen molar-refractivity contribution in [3.05, 3.63) is 69.3 Å². The van der Waals surface area contributed by atoms with Gasteiger partial charge in [0.25, 0.3) is 5.09 Å². The number of allylic oxidation sites excluding steroid dienone is 3. The number of aryl methyl sites for hydroxylation is 1. The highest BCUT2D eigenvalue weighted by Gasteiger charge is 2.30. The van der Waals surface area contributed by atoms with Crippen LogP contribution in [0.1, 0.15) is 63.0 Å². The maximum absolute atomic E-state index is 12.0. The Kier molecular flexibility index (Phi) is 9.85. The van der Waals surface area contributed by atoms with Crippen LogP contribution in [0.15, 0.2) is 48.1 Å². The van der Waals surface area contributed by atoms with Crippen molar-refractivity contribution in [2.24, 2.45) is 5.92 Å². The minimum Gasteiger partial charge on any atom is -0.507 e. The summed E-state index contributed by atoms with van der Waals surface area (Å²) in [6.45, 7) is 8.18. The van der Waals surface area contributed by atoms with E-state index in [0.717, 1.165) is 35.6 Å². The zero-order valence-electron chi connectivity index (χ0n) is 19.5. The fourth-order valence-electron chi connectivity index (χ4n) is 4.25.